The molecule has 3 nitrogen and oxygen atoms in total. The van der Waals surface area contributed by atoms with Crippen LogP contribution in [0.5, 0.6) is 5.75 Å². The van der Waals surface area contributed by atoms with Crippen molar-refractivity contribution in [3.05, 3.63) is 29.8 Å². The third kappa shape index (κ3) is 2.94. The Labute approximate surface area is 116 Å². The maximum atomic E-state index is 12.4. The Morgan fingerprint density at radius 2 is 1.90 bits per heavy atom. The van der Waals surface area contributed by atoms with Crippen molar-refractivity contribution < 1.29 is 18.6 Å². The van der Waals surface area contributed by atoms with Gasteiger partial charge in [0.25, 0.3) is 0 Å². The molecule has 0 spiro atoms. The zero-order valence-electron chi connectivity index (χ0n) is 11.2. The summed E-state index contributed by atoms with van der Waals surface area (Å²) in [5.41, 5.74) is -0.171. The van der Waals surface area contributed by atoms with Crippen LogP contribution in [0.4, 0.5) is 8.78 Å². The van der Waals surface area contributed by atoms with E-state index in [4.69, 9.17) is 0 Å². The molecule has 2 unspecified atom stereocenters. The Kier molecular flexibility index (Phi) is 3.65. The lowest BCUT2D eigenvalue weighted by Crippen LogP contribution is -2.49. The lowest BCUT2D eigenvalue weighted by atomic mass is 9.82. The summed E-state index contributed by atoms with van der Waals surface area (Å²) in [6.07, 6.45) is 3.88. The largest absolute Gasteiger partial charge is 0.435 e. The third-order valence-electron chi connectivity index (χ3n) is 4.30. The molecule has 0 radical (unpaired) electrons. The number of piperidine rings is 1. The lowest BCUT2D eigenvalue weighted by molar-refractivity contribution is -0.0523. The first-order valence-corrected chi connectivity index (χ1v) is 7.05. The summed E-state index contributed by atoms with van der Waals surface area (Å²) < 4.78 is 29.4. The standard InChI is InChI=1S/C15H19F2NO2/c16-14(17)20-13-4-2-1-3-10(13)7-15(19)8-11-5-6-12(9-15)18-11/h1-4,11-12,14,18-19H,5-9H2. The smallest absolute Gasteiger partial charge is 0.387 e. The molecule has 110 valence electrons. The van der Waals surface area contributed by atoms with Gasteiger partial charge in [0.05, 0.1) is 5.60 Å². The van der Waals surface area contributed by atoms with Gasteiger partial charge in [0.1, 0.15) is 5.75 Å². The fourth-order valence-electron chi connectivity index (χ4n) is 3.58. The van der Waals surface area contributed by atoms with Gasteiger partial charge in [-0.15, -0.1) is 0 Å². The molecule has 2 N–H and O–H groups in total. The van der Waals surface area contributed by atoms with Gasteiger partial charge in [-0.25, -0.2) is 0 Å². The van der Waals surface area contributed by atoms with E-state index in [1.807, 2.05) is 0 Å². The molecule has 0 saturated carbocycles. The molecule has 1 aromatic rings. The van der Waals surface area contributed by atoms with Crippen LogP contribution in [0.15, 0.2) is 24.3 Å². The molecular formula is C15H19F2NO2. The quantitative estimate of drug-likeness (QED) is 0.892. The van der Waals surface area contributed by atoms with Crippen molar-refractivity contribution in [3.63, 3.8) is 0 Å². The number of rotatable bonds is 4. The van der Waals surface area contributed by atoms with Crippen molar-refractivity contribution in [1.82, 2.24) is 5.32 Å². The second-order valence-electron chi connectivity index (χ2n) is 5.93. The number of alkyl halides is 2. The highest BCUT2D eigenvalue weighted by Crippen LogP contribution is 2.37. The molecule has 2 bridgehead atoms. The normalized spacial score (nSPS) is 32.6. The van der Waals surface area contributed by atoms with Crippen LogP contribution in [0.2, 0.25) is 0 Å². The van der Waals surface area contributed by atoms with Gasteiger partial charge in [0.2, 0.25) is 0 Å². The van der Waals surface area contributed by atoms with Crippen LogP contribution in [0.25, 0.3) is 0 Å². The molecule has 2 heterocycles. The average molecular weight is 283 g/mol. The summed E-state index contributed by atoms with van der Waals surface area (Å²) in [5, 5.41) is 14.2. The monoisotopic (exact) mass is 283 g/mol. The number of ether oxygens (including phenoxy) is 1. The van der Waals surface area contributed by atoms with Crippen molar-refractivity contribution in [3.8, 4) is 5.75 Å². The van der Waals surface area contributed by atoms with E-state index in [0.717, 1.165) is 12.8 Å². The van der Waals surface area contributed by atoms with Gasteiger partial charge in [0.15, 0.2) is 0 Å². The third-order valence-corrected chi connectivity index (χ3v) is 4.30. The first kappa shape index (κ1) is 13.8. The summed E-state index contributed by atoms with van der Waals surface area (Å²) in [5.74, 6) is 0.168. The molecule has 2 aliphatic heterocycles. The maximum Gasteiger partial charge on any atom is 0.387 e. The number of halogens is 2. The molecule has 0 amide bonds. The van der Waals surface area contributed by atoms with Gasteiger partial charge in [-0.3, -0.25) is 0 Å². The SMILES string of the molecule is OC1(Cc2ccccc2OC(F)F)CC2CCC(C1)N2. The molecular weight excluding hydrogens is 264 g/mol. The van der Waals surface area contributed by atoms with E-state index >= 15 is 0 Å². The van der Waals surface area contributed by atoms with Crippen molar-refractivity contribution >= 4 is 0 Å². The second kappa shape index (κ2) is 5.30. The fourth-order valence-corrected chi connectivity index (χ4v) is 3.58. The number of nitrogens with one attached hydrogen (secondary N) is 1. The highest BCUT2D eigenvalue weighted by atomic mass is 19.3. The van der Waals surface area contributed by atoms with Gasteiger partial charge >= 0.3 is 6.61 Å². The fraction of sp³-hybridized carbons (Fsp3) is 0.600. The molecule has 2 fully saturated rings. The van der Waals surface area contributed by atoms with Crippen LogP contribution < -0.4 is 10.1 Å². The average Bonchev–Trinajstić information content (AvgIpc) is 2.71. The van der Waals surface area contributed by atoms with Crippen LogP contribution in [0.1, 0.15) is 31.2 Å². The number of fused-ring (bicyclic) bond motifs is 2. The van der Waals surface area contributed by atoms with Crippen molar-refractivity contribution in [2.24, 2.45) is 0 Å². The van der Waals surface area contributed by atoms with Crippen LogP contribution in [0, 0.1) is 0 Å². The van der Waals surface area contributed by atoms with Gasteiger partial charge in [-0.2, -0.15) is 8.78 Å². The van der Waals surface area contributed by atoms with Crippen LogP contribution in [-0.2, 0) is 6.42 Å². The van der Waals surface area contributed by atoms with E-state index in [2.05, 4.69) is 10.1 Å². The van der Waals surface area contributed by atoms with E-state index in [1.54, 1.807) is 18.2 Å². The molecule has 3 rings (SSSR count). The number of benzene rings is 1. The zero-order valence-corrected chi connectivity index (χ0v) is 11.2. The summed E-state index contributed by atoms with van der Waals surface area (Å²) in [4.78, 5) is 0. The second-order valence-corrected chi connectivity index (χ2v) is 5.93. The molecule has 2 aliphatic rings. The van der Waals surface area contributed by atoms with E-state index in [1.165, 1.54) is 6.07 Å². The summed E-state index contributed by atoms with van der Waals surface area (Å²) in [6, 6.07) is 7.42. The molecule has 2 saturated heterocycles. The Hall–Kier alpha value is -1.20. The molecule has 1 aromatic carbocycles. The van der Waals surface area contributed by atoms with E-state index < -0.39 is 12.2 Å². The van der Waals surface area contributed by atoms with E-state index in [9.17, 15) is 13.9 Å². The van der Waals surface area contributed by atoms with Crippen molar-refractivity contribution in [2.75, 3.05) is 0 Å². The van der Waals surface area contributed by atoms with E-state index in [0.29, 0.717) is 36.9 Å². The highest BCUT2D eigenvalue weighted by Gasteiger charge is 2.42. The van der Waals surface area contributed by atoms with Crippen LogP contribution in [-0.4, -0.2) is 29.4 Å². The highest BCUT2D eigenvalue weighted by molar-refractivity contribution is 5.34. The summed E-state index contributed by atoms with van der Waals surface area (Å²) >= 11 is 0. The Morgan fingerprint density at radius 3 is 2.55 bits per heavy atom. The van der Waals surface area contributed by atoms with Crippen molar-refractivity contribution in [2.45, 2.75) is 56.4 Å². The number of aliphatic hydroxyl groups is 1. The first-order valence-electron chi connectivity index (χ1n) is 7.05. The minimum Gasteiger partial charge on any atom is -0.435 e. The molecule has 0 aromatic heterocycles. The summed E-state index contributed by atoms with van der Waals surface area (Å²) in [6.45, 7) is -2.84. The first-order chi connectivity index (χ1) is 9.54. The predicted octanol–water partition coefficient (Wildman–Crippen LogP) is 2.48. The molecule has 0 aliphatic carbocycles. The van der Waals surface area contributed by atoms with Gasteiger partial charge in [-0.1, -0.05) is 18.2 Å². The Morgan fingerprint density at radius 1 is 1.25 bits per heavy atom. The minimum atomic E-state index is -2.84. The minimum absolute atomic E-state index is 0.168. The lowest BCUT2D eigenvalue weighted by Gasteiger charge is -2.37. The van der Waals surface area contributed by atoms with Gasteiger partial charge < -0.3 is 15.2 Å². The molecule has 5 heteroatoms. The predicted molar refractivity (Wildman–Crippen MR) is 70.9 cm³/mol. The van der Waals surface area contributed by atoms with Crippen molar-refractivity contribution in [1.29, 1.82) is 0 Å². The zero-order chi connectivity index (χ0) is 14.2. The number of hydrogen-bond donors (Lipinski definition) is 2. The molecule has 20 heavy (non-hydrogen) atoms. The summed E-state index contributed by atoms with van der Waals surface area (Å²) in [7, 11) is 0. The number of para-hydroxylation sites is 1. The topological polar surface area (TPSA) is 41.5 Å². The van der Waals surface area contributed by atoms with Crippen LogP contribution >= 0.6 is 0 Å². The van der Waals surface area contributed by atoms with Gasteiger partial charge in [0, 0.05) is 18.5 Å². The van der Waals surface area contributed by atoms with Crippen LogP contribution in [0.3, 0.4) is 0 Å². The molecule has 2 atom stereocenters. The van der Waals surface area contributed by atoms with Gasteiger partial charge in [-0.05, 0) is 37.3 Å². The Balaban J connectivity index is 1.77. The maximum absolute atomic E-state index is 12.4. The number of hydrogen-bond acceptors (Lipinski definition) is 3. The van der Waals surface area contributed by atoms with E-state index in [-0.39, 0.29) is 5.75 Å². The Bertz CT molecular complexity index is 469.